The highest BCUT2D eigenvalue weighted by Gasteiger charge is 2.10. The van der Waals surface area contributed by atoms with E-state index in [1.807, 2.05) is 18.2 Å². The van der Waals surface area contributed by atoms with Gasteiger partial charge in [-0.2, -0.15) is 11.8 Å². The zero-order chi connectivity index (χ0) is 14.3. The van der Waals surface area contributed by atoms with Crippen molar-refractivity contribution in [2.24, 2.45) is 0 Å². The topological polar surface area (TPSA) is 26.3 Å². The van der Waals surface area contributed by atoms with Gasteiger partial charge in [0, 0.05) is 5.56 Å². The first-order valence-electron chi connectivity index (χ1n) is 6.99. The minimum Gasteiger partial charge on any atom is -0.493 e. The van der Waals surface area contributed by atoms with Crippen molar-refractivity contribution >= 4 is 17.5 Å². The van der Waals surface area contributed by atoms with Gasteiger partial charge in [-0.15, -0.1) is 0 Å². The van der Waals surface area contributed by atoms with Crippen LogP contribution >= 0.6 is 11.8 Å². The first kappa shape index (κ1) is 16.1. The second-order valence-corrected chi connectivity index (χ2v) is 6.37. The Balaban J connectivity index is 2.78. The quantitative estimate of drug-likeness (QED) is 0.662. The van der Waals surface area contributed by atoms with Gasteiger partial charge in [0.2, 0.25) is 0 Å². The van der Waals surface area contributed by atoms with Crippen molar-refractivity contribution in [2.45, 2.75) is 45.8 Å². The number of hydrogen-bond donors (Lipinski definition) is 0. The lowest BCUT2D eigenvalue weighted by Crippen LogP contribution is -2.06. The lowest BCUT2D eigenvalue weighted by atomic mass is 10.1. The van der Waals surface area contributed by atoms with Crippen molar-refractivity contribution in [2.75, 3.05) is 12.4 Å². The number of hydrogen-bond acceptors (Lipinski definition) is 3. The zero-order valence-electron chi connectivity index (χ0n) is 12.4. The molecule has 3 heteroatoms. The van der Waals surface area contributed by atoms with Gasteiger partial charge in [0.25, 0.3) is 0 Å². The summed E-state index contributed by atoms with van der Waals surface area (Å²) in [6.45, 7) is 9.12. The van der Waals surface area contributed by atoms with E-state index in [0.29, 0.717) is 11.0 Å². The van der Waals surface area contributed by atoms with Crippen LogP contribution in [0.3, 0.4) is 0 Å². The van der Waals surface area contributed by atoms with Gasteiger partial charge in [-0.25, -0.2) is 0 Å². The van der Waals surface area contributed by atoms with Crippen LogP contribution < -0.4 is 4.74 Å². The Morgan fingerprint density at radius 1 is 1.32 bits per heavy atom. The number of rotatable bonds is 8. The first-order valence-corrected chi connectivity index (χ1v) is 8.03. The fourth-order valence-electron chi connectivity index (χ4n) is 1.71. The summed E-state index contributed by atoms with van der Waals surface area (Å²) in [6, 6.07) is 5.79. The molecule has 2 nitrogen and oxygen atoms in total. The third kappa shape index (κ3) is 5.27. The summed E-state index contributed by atoms with van der Waals surface area (Å²) >= 11 is 1.68. The largest absolute Gasteiger partial charge is 0.493 e. The van der Waals surface area contributed by atoms with E-state index in [0.717, 1.165) is 36.3 Å². The molecule has 19 heavy (non-hydrogen) atoms. The van der Waals surface area contributed by atoms with Crippen LogP contribution in [0, 0.1) is 0 Å². The molecule has 0 atom stereocenters. The molecule has 0 unspecified atom stereocenters. The Hall–Kier alpha value is -0.960. The summed E-state index contributed by atoms with van der Waals surface area (Å²) in [5.74, 6) is 1.67. The maximum absolute atomic E-state index is 12.1. The average molecular weight is 280 g/mol. The SMILES string of the molecule is CCCOc1ccc(C(=O)CSC(C)C)cc1CC. The highest BCUT2D eigenvalue weighted by Crippen LogP contribution is 2.22. The molecule has 0 radical (unpaired) electrons. The molecule has 1 rings (SSSR count). The molecule has 0 aliphatic carbocycles. The van der Waals surface area contributed by atoms with Crippen molar-refractivity contribution in [3.63, 3.8) is 0 Å². The van der Waals surface area contributed by atoms with Gasteiger partial charge in [0.1, 0.15) is 5.75 Å². The number of Topliss-reactive ketones (excluding diaryl/α,β-unsaturated/α-hetero) is 1. The molecular weight excluding hydrogens is 256 g/mol. The number of aryl methyl sites for hydroxylation is 1. The Labute approximate surface area is 120 Å². The molecule has 1 aromatic rings. The van der Waals surface area contributed by atoms with Crippen LogP contribution in [0.15, 0.2) is 18.2 Å². The van der Waals surface area contributed by atoms with Crippen LogP contribution in [-0.2, 0) is 6.42 Å². The van der Waals surface area contributed by atoms with E-state index >= 15 is 0 Å². The van der Waals surface area contributed by atoms with Gasteiger partial charge in [-0.05, 0) is 41.9 Å². The third-order valence-electron chi connectivity index (χ3n) is 2.77. The van der Waals surface area contributed by atoms with E-state index in [1.54, 1.807) is 11.8 Å². The molecule has 0 N–H and O–H groups in total. The zero-order valence-corrected chi connectivity index (χ0v) is 13.2. The van der Waals surface area contributed by atoms with E-state index in [2.05, 4.69) is 27.7 Å². The standard InChI is InChI=1S/C16H24O2S/c1-5-9-18-16-8-7-14(10-13(16)6-2)15(17)11-19-12(3)4/h7-8,10,12H,5-6,9,11H2,1-4H3. The number of benzene rings is 1. The summed E-state index contributed by atoms with van der Waals surface area (Å²) in [5, 5.41) is 0.488. The molecule has 0 saturated heterocycles. The van der Waals surface area contributed by atoms with Crippen LogP contribution in [0.5, 0.6) is 5.75 Å². The van der Waals surface area contributed by atoms with Gasteiger partial charge in [0.15, 0.2) is 5.78 Å². The third-order valence-corrected chi connectivity index (χ3v) is 3.87. The van der Waals surface area contributed by atoms with Crippen LogP contribution in [0.25, 0.3) is 0 Å². The average Bonchev–Trinajstić information content (AvgIpc) is 2.42. The van der Waals surface area contributed by atoms with Crippen molar-refractivity contribution in [1.29, 1.82) is 0 Å². The molecule has 0 bridgehead atoms. The number of ether oxygens (including phenoxy) is 1. The Bertz CT molecular complexity index is 413. The number of carbonyl (C=O) groups excluding carboxylic acids is 1. The molecule has 0 fully saturated rings. The number of carbonyl (C=O) groups is 1. The second-order valence-electron chi connectivity index (χ2n) is 4.81. The van der Waals surface area contributed by atoms with Crippen molar-refractivity contribution in [1.82, 2.24) is 0 Å². The first-order chi connectivity index (χ1) is 9.08. The Morgan fingerprint density at radius 2 is 2.05 bits per heavy atom. The predicted molar refractivity (Wildman–Crippen MR) is 83.5 cm³/mol. The van der Waals surface area contributed by atoms with Gasteiger partial charge in [-0.1, -0.05) is 27.7 Å². The fraction of sp³-hybridized carbons (Fsp3) is 0.562. The molecule has 0 saturated carbocycles. The number of thioether (sulfide) groups is 1. The summed E-state index contributed by atoms with van der Waals surface area (Å²) in [7, 11) is 0. The molecule has 0 aliphatic rings. The monoisotopic (exact) mass is 280 g/mol. The molecule has 1 aromatic carbocycles. The predicted octanol–water partition coefficient (Wildman–Crippen LogP) is 4.36. The summed E-state index contributed by atoms with van der Waals surface area (Å²) in [6.07, 6.45) is 1.88. The molecule has 106 valence electrons. The van der Waals surface area contributed by atoms with Crippen molar-refractivity contribution in [3.8, 4) is 5.75 Å². The van der Waals surface area contributed by atoms with Crippen LogP contribution in [0.4, 0.5) is 0 Å². The summed E-state index contributed by atoms with van der Waals surface area (Å²) in [4.78, 5) is 12.1. The molecule has 0 aromatic heterocycles. The smallest absolute Gasteiger partial charge is 0.172 e. The highest BCUT2D eigenvalue weighted by atomic mass is 32.2. The van der Waals surface area contributed by atoms with Gasteiger partial charge in [0.05, 0.1) is 12.4 Å². The van der Waals surface area contributed by atoms with Crippen LogP contribution in [0.1, 0.15) is 50.0 Å². The minimum atomic E-state index is 0.204. The van der Waals surface area contributed by atoms with Gasteiger partial charge in [-0.3, -0.25) is 4.79 Å². The number of ketones is 1. The lowest BCUT2D eigenvalue weighted by molar-refractivity contribution is 0.102. The highest BCUT2D eigenvalue weighted by molar-refractivity contribution is 8.00. The second kappa shape index (κ2) is 8.26. The summed E-state index contributed by atoms with van der Waals surface area (Å²) in [5.41, 5.74) is 1.92. The van der Waals surface area contributed by atoms with E-state index in [9.17, 15) is 4.79 Å². The van der Waals surface area contributed by atoms with Gasteiger partial charge >= 0.3 is 0 Å². The molecule has 0 heterocycles. The van der Waals surface area contributed by atoms with E-state index in [1.165, 1.54) is 0 Å². The van der Waals surface area contributed by atoms with E-state index in [-0.39, 0.29) is 5.78 Å². The summed E-state index contributed by atoms with van der Waals surface area (Å²) < 4.78 is 5.69. The Kier molecular flexibility index (Phi) is 7.00. The molecular formula is C16H24O2S. The van der Waals surface area contributed by atoms with E-state index in [4.69, 9.17) is 4.74 Å². The minimum absolute atomic E-state index is 0.204. The van der Waals surface area contributed by atoms with E-state index < -0.39 is 0 Å². The molecule has 0 amide bonds. The fourth-order valence-corrected chi connectivity index (χ4v) is 2.36. The van der Waals surface area contributed by atoms with Crippen LogP contribution in [-0.4, -0.2) is 23.4 Å². The Morgan fingerprint density at radius 3 is 2.63 bits per heavy atom. The van der Waals surface area contributed by atoms with Crippen molar-refractivity contribution < 1.29 is 9.53 Å². The van der Waals surface area contributed by atoms with Crippen LogP contribution in [0.2, 0.25) is 0 Å². The maximum atomic E-state index is 12.1. The maximum Gasteiger partial charge on any atom is 0.172 e. The van der Waals surface area contributed by atoms with Crippen molar-refractivity contribution in [3.05, 3.63) is 29.3 Å². The molecule has 0 aliphatic heterocycles. The lowest BCUT2D eigenvalue weighted by Gasteiger charge is -2.11. The normalized spacial score (nSPS) is 10.8. The van der Waals surface area contributed by atoms with Gasteiger partial charge < -0.3 is 4.74 Å². The molecule has 0 spiro atoms.